The zero-order valence-corrected chi connectivity index (χ0v) is 17.5. The normalized spacial score (nSPS) is 21.0. The van der Waals surface area contributed by atoms with E-state index in [2.05, 4.69) is 22.1 Å². The van der Waals surface area contributed by atoms with Crippen LogP contribution in [0.5, 0.6) is 0 Å². The number of hydrogen-bond donors (Lipinski definition) is 2. The highest BCUT2D eigenvalue weighted by Crippen LogP contribution is 2.56. The summed E-state index contributed by atoms with van der Waals surface area (Å²) in [5, 5.41) is 10.4. The van der Waals surface area contributed by atoms with E-state index in [4.69, 9.17) is 0 Å². The molecule has 1 aromatic heterocycles. The minimum atomic E-state index is -0.478. The monoisotopic (exact) mass is 399 g/mol. The highest BCUT2D eigenvalue weighted by molar-refractivity contribution is 7.07. The number of nitrogens with one attached hydrogen (secondary N) is 2. The molecule has 1 saturated heterocycles. The molecule has 1 aliphatic carbocycles. The highest BCUT2D eigenvalue weighted by Gasteiger charge is 2.57. The molecule has 1 spiro atoms. The van der Waals surface area contributed by atoms with Gasteiger partial charge in [-0.3, -0.25) is 9.59 Å². The van der Waals surface area contributed by atoms with Crippen LogP contribution < -0.4 is 10.6 Å². The molecule has 1 saturated carbocycles. The lowest BCUT2D eigenvalue weighted by Crippen LogP contribution is -2.45. The predicted molar refractivity (Wildman–Crippen MR) is 108 cm³/mol. The summed E-state index contributed by atoms with van der Waals surface area (Å²) in [5.74, 6) is -0.0482. The Hall–Kier alpha value is -1.11. The van der Waals surface area contributed by atoms with Crippen molar-refractivity contribution in [3.05, 3.63) is 22.4 Å². The first-order valence-electron chi connectivity index (χ1n) is 9.11. The lowest BCUT2D eigenvalue weighted by Gasteiger charge is -2.30. The largest absolute Gasteiger partial charge is 0.347 e. The van der Waals surface area contributed by atoms with Crippen LogP contribution in [0.4, 0.5) is 0 Å². The van der Waals surface area contributed by atoms with Gasteiger partial charge in [0.05, 0.1) is 6.54 Å². The molecule has 1 atom stereocenters. The molecule has 2 fully saturated rings. The summed E-state index contributed by atoms with van der Waals surface area (Å²) in [7, 11) is 0. The fraction of sp³-hybridized carbons (Fsp3) is 0.684. The van der Waals surface area contributed by atoms with E-state index >= 15 is 0 Å². The number of rotatable bonds is 5. The van der Waals surface area contributed by atoms with Gasteiger partial charge < -0.3 is 15.5 Å². The van der Waals surface area contributed by atoms with Gasteiger partial charge in [-0.2, -0.15) is 11.3 Å². The Balaban J connectivity index is 0.00000243. The summed E-state index contributed by atoms with van der Waals surface area (Å²) < 4.78 is 0. The zero-order chi connectivity index (χ0) is 18.1. The topological polar surface area (TPSA) is 61.4 Å². The number of nitrogens with zero attached hydrogens (tertiary/aromatic N) is 1. The summed E-state index contributed by atoms with van der Waals surface area (Å²) in [5.41, 5.74) is 0.996. The maximum Gasteiger partial charge on any atom is 0.242 e. The summed E-state index contributed by atoms with van der Waals surface area (Å²) >= 11 is 1.66. The third-order valence-electron chi connectivity index (χ3n) is 5.46. The van der Waals surface area contributed by atoms with E-state index in [0.717, 1.165) is 32.4 Å². The first-order valence-corrected chi connectivity index (χ1v) is 10.1. The molecule has 2 amide bonds. The van der Waals surface area contributed by atoms with Crippen LogP contribution in [0.2, 0.25) is 0 Å². The minimum Gasteiger partial charge on any atom is -0.347 e. The predicted octanol–water partition coefficient (Wildman–Crippen LogP) is 2.80. The fourth-order valence-corrected chi connectivity index (χ4v) is 4.36. The third-order valence-corrected chi connectivity index (χ3v) is 6.19. The SMILES string of the molecule is CC(C)(C)C(=O)NCC(=O)N(Cc1ccsc1)C1CC12CCNCC2.Cl. The molecule has 2 heterocycles. The minimum absolute atomic E-state index is 0. The van der Waals surface area contributed by atoms with Gasteiger partial charge >= 0.3 is 0 Å². The molecule has 146 valence electrons. The number of carbonyl (C=O) groups excluding carboxylic acids is 2. The van der Waals surface area contributed by atoms with Crippen molar-refractivity contribution >= 4 is 35.6 Å². The van der Waals surface area contributed by atoms with Crippen molar-refractivity contribution < 1.29 is 9.59 Å². The number of hydrogen-bond acceptors (Lipinski definition) is 4. The third kappa shape index (κ3) is 4.78. The molecule has 2 aliphatic rings. The van der Waals surface area contributed by atoms with E-state index in [9.17, 15) is 9.59 Å². The van der Waals surface area contributed by atoms with Crippen molar-refractivity contribution in [3.8, 4) is 0 Å². The van der Waals surface area contributed by atoms with Gasteiger partial charge in [-0.1, -0.05) is 20.8 Å². The van der Waals surface area contributed by atoms with Gasteiger partial charge in [0.25, 0.3) is 0 Å². The van der Waals surface area contributed by atoms with Gasteiger partial charge in [-0.25, -0.2) is 0 Å². The second-order valence-electron chi connectivity index (χ2n) is 8.42. The van der Waals surface area contributed by atoms with Crippen molar-refractivity contribution in [2.75, 3.05) is 19.6 Å². The van der Waals surface area contributed by atoms with Crippen LogP contribution in [-0.4, -0.2) is 42.4 Å². The Morgan fingerprint density at radius 3 is 2.62 bits per heavy atom. The lowest BCUT2D eigenvalue weighted by molar-refractivity contribution is -0.136. The van der Waals surface area contributed by atoms with Crippen LogP contribution in [0.1, 0.15) is 45.6 Å². The molecule has 1 unspecified atom stereocenters. The number of amides is 2. The lowest BCUT2D eigenvalue weighted by atomic mass is 9.93. The van der Waals surface area contributed by atoms with E-state index in [-0.39, 0.29) is 30.8 Å². The highest BCUT2D eigenvalue weighted by atomic mass is 35.5. The van der Waals surface area contributed by atoms with Crippen LogP contribution in [0.25, 0.3) is 0 Å². The molecule has 0 aromatic carbocycles. The number of piperidine rings is 1. The van der Waals surface area contributed by atoms with Gasteiger partial charge in [0, 0.05) is 18.0 Å². The van der Waals surface area contributed by atoms with Crippen LogP contribution in [0.15, 0.2) is 16.8 Å². The quantitative estimate of drug-likeness (QED) is 0.800. The Morgan fingerprint density at radius 2 is 2.04 bits per heavy atom. The maximum absolute atomic E-state index is 12.9. The van der Waals surface area contributed by atoms with Crippen LogP contribution >= 0.6 is 23.7 Å². The van der Waals surface area contributed by atoms with Crippen LogP contribution in [0, 0.1) is 10.8 Å². The summed E-state index contributed by atoms with van der Waals surface area (Å²) in [6, 6.07) is 2.39. The fourth-order valence-electron chi connectivity index (χ4n) is 3.70. The molecule has 0 radical (unpaired) electrons. The average Bonchev–Trinajstić information content (AvgIpc) is 3.00. The Bertz CT molecular complexity index is 621. The van der Waals surface area contributed by atoms with Gasteiger partial charge in [0.2, 0.25) is 11.8 Å². The summed E-state index contributed by atoms with van der Waals surface area (Å²) in [6.45, 7) is 8.40. The van der Waals surface area contributed by atoms with Gasteiger partial charge in [-0.15, -0.1) is 12.4 Å². The molecule has 26 heavy (non-hydrogen) atoms. The molecule has 0 bridgehead atoms. The summed E-state index contributed by atoms with van der Waals surface area (Å²) in [6.07, 6.45) is 3.37. The van der Waals surface area contributed by atoms with Crippen LogP contribution in [0.3, 0.4) is 0 Å². The molecule has 7 heteroatoms. The number of halogens is 1. The number of thiophene rings is 1. The zero-order valence-electron chi connectivity index (χ0n) is 15.8. The van der Waals surface area contributed by atoms with E-state index in [1.807, 2.05) is 31.1 Å². The first-order chi connectivity index (χ1) is 11.8. The van der Waals surface area contributed by atoms with Crippen LogP contribution in [-0.2, 0) is 16.1 Å². The number of carbonyl (C=O) groups is 2. The van der Waals surface area contributed by atoms with Crippen molar-refractivity contribution in [1.29, 1.82) is 0 Å². The molecule has 1 aliphatic heterocycles. The van der Waals surface area contributed by atoms with Gasteiger partial charge in [0.15, 0.2) is 0 Å². The second-order valence-corrected chi connectivity index (χ2v) is 9.20. The van der Waals surface area contributed by atoms with Crippen molar-refractivity contribution in [2.45, 2.75) is 52.6 Å². The maximum atomic E-state index is 12.9. The molecule has 1 aromatic rings. The molecule has 5 nitrogen and oxygen atoms in total. The van der Waals surface area contributed by atoms with Gasteiger partial charge in [-0.05, 0) is 60.2 Å². The van der Waals surface area contributed by atoms with E-state index in [1.165, 1.54) is 5.56 Å². The van der Waals surface area contributed by atoms with E-state index < -0.39 is 5.41 Å². The Labute approximate surface area is 166 Å². The summed E-state index contributed by atoms with van der Waals surface area (Å²) in [4.78, 5) is 27.0. The van der Waals surface area contributed by atoms with E-state index in [1.54, 1.807) is 11.3 Å². The smallest absolute Gasteiger partial charge is 0.242 e. The first kappa shape index (κ1) is 21.2. The van der Waals surface area contributed by atoms with Gasteiger partial charge in [0.1, 0.15) is 0 Å². The van der Waals surface area contributed by atoms with E-state index in [0.29, 0.717) is 18.0 Å². The van der Waals surface area contributed by atoms with Crippen molar-refractivity contribution in [2.24, 2.45) is 10.8 Å². The van der Waals surface area contributed by atoms with Crippen molar-refractivity contribution in [3.63, 3.8) is 0 Å². The molecular formula is C19H30ClN3O2S. The molecule has 2 N–H and O–H groups in total. The second kappa shape index (κ2) is 8.28. The molecule has 3 rings (SSSR count). The average molecular weight is 400 g/mol. The Kier molecular flexibility index (Phi) is 6.75. The van der Waals surface area contributed by atoms with Crippen molar-refractivity contribution in [1.82, 2.24) is 15.5 Å². The Morgan fingerprint density at radius 1 is 1.35 bits per heavy atom. The standard InChI is InChI=1S/C19H29N3O2S.ClH/c1-18(2,3)17(24)21-11-16(23)22(12-14-4-9-25-13-14)15-10-19(15)5-7-20-8-6-19;/h4,9,13,15,20H,5-8,10-12H2,1-3H3,(H,21,24);1H. The molecular weight excluding hydrogens is 370 g/mol.